The summed E-state index contributed by atoms with van der Waals surface area (Å²) < 4.78 is 5.44. The summed E-state index contributed by atoms with van der Waals surface area (Å²) in [5.41, 5.74) is 0. The number of hydrogen-bond donors (Lipinski definition) is 3. The molecular formula is C52H101NO5. The summed E-state index contributed by atoms with van der Waals surface area (Å²) in [6.07, 6.45) is 54.6. The van der Waals surface area contributed by atoms with Crippen molar-refractivity contribution in [1.29, 1.82) is 0 Å². The molecule has 0 saturated carbocycles. The van der Waals surface area contributed by atoms with Crippen LogP contribution in [0.25, 0.3) is 0 Å². The second kappa shape index (κ2) is 48.3. The number of aliphatic hydroxyl groups is 2. The third kappa shape index (κ3) is 44.2. The molecule has 0 aliphatic carbocycles. The lowest BCUT2D eigenvalue weighted by molar-refractivity contribution is -0.143. The molecule has 6 nitrogen and oxygen atoms in total. The van der Waals surface area contributed by atoms with E-state index in [-0.39, 0.29) is 18.5 Å². The van der Waals surface area contributed by atoms with Crippen LogP contribution in [0, 0.1) is 0 Å². The summed E-state index contributed by atoms with van der Waals surface area (Å²) in [6.45, 7) is 4.90. The fourth-order valence-electron chi connectivity index (χ4n) is 8.05. The van der Waals surface area contributed by atoms with Gasteiger partial charge in [-0.25, -0.2) is 0 Å². The van der Waals surface area contributed by atoms with Gasteiger partial charge in [-0.2, -0.15) is 0 Å². The Morgan fingerprint density at radius 3 is 1.22 bits per heavy atom. The average Bonchev–Trinajstić information content (AvgIpc) is 3.22. The van der Waals surface area contributed by atoms with Crippen LogP contribution in [0.3, 0.4) is 0 Å². The maximum atomic E-state index is 12.4. The van der Waals surface area contributed by atoms with Crippen molar-refractivity contribution in [2.45, 2.75) is 296 Å². The highest BCUT2D eigenvalue weighted by Gasteiger charge is 2.20. The fourth-order valence-corrected chi connectivity index (χ4v) is 8.05. The molecule has 3 N–H and O–H groups in total. The number of hydrogen-bond acceptors (Lipinski definition) is 5. The van der Waals surface area contributed by atoms with Gasteiger partial charge in [0.2, 0.25) is 5.91 Å². The lowest BCUT2D eigenvalue weighted by Crippen LogP contribution is -2.45. The van der Waals surface area contributed by atoms with Crippen LogP contribution in [0.1, 0.15) is 284 Å². The Morgan fingerprint density at radius 1 is 0.466 bits per heavy atom. The smallest absolute Gasteiger partial charge is 0.305 e. The first-order chi connectivity index (χ1) is 28.5. The zero-order valence-electron chi connectivity index (χ0n) is 39.0. The van der Waals surface area contributed by atoms with Gasteiger partial charge in [-0.1, -0.05) is 225 Å². The molecule has 0 aliphatic rings. The maximum Gasteiger partial charge on any atom is 0.305 e. The predicted molar refractivity (Wildman–Crippen MR) is 250 cm³/mol. The highest BCUT2D eigenvalue weighted by Crippen LogP contribution is 2.17. The number of nitrogens with one attached hydrogen (secondary N) is 1. The molecule has 6 heteroatoms. The minimum atomic E-state index is -0.679. The monoisotopic (exact) mass is 820 g/mol. The molecule has 0 rings (SSSR count). The number of allylic oxidation sites excluding steroid dienone is 2. The van der Waals surface area contributed by atoms with Crippen LogP contribution >= 0.6 is 0 Å². The highest BCUT2D eigenvalue weighted by atomic mass is 16.5. The number of carbonyl (C=O) groups is 2. The molecule has 0 aromatic carbocycles. The van der Waals surface area contributed by atoms with Crippen LogP contribution in [0.4, 0.5) is 0 Å². The van der Waals surface area contributed by atoms with Crippen LogP contribution < -0.4 is 5.32 Å². The first-order valence-corrected chi connectivity index (χ1v) is 25.9. The Morgan fingerprint density at radius 2 is 0.810 bits per heavy atom. The molecular weight excluding hydrogens is 719 g/mol. The van der Waals surface area contributed by atoms with Gasteiger partial charge in [0.25, 0.3) is 0 Å². The van der Waals surface area contributed by atoms with Gasteiger partial charge in [0.15, 0.2) is 0 Å². The molecule has 2 unspecified atom stereocenters. The maximum absolute atomic E-state index is 12.4. The Kier molecular flexibility index (Phi) is 47.1. The molecule has 0 saturated heterocycles. The molecule has 344 valence electrons. The molecule has 2 atom stereocenters. The number of unbranched alkanes of at least 4 members (excludes halogenated alkanes) is 35. The number of carbonyl (C=O) groups excluding carboxylic acids is 2. The van der Waals surface area contributed by atoms with Crippen molar-refractivity contribution in [3.63, 3.8) is 0 Å². The van der Waals surface area contributed by atoms with E-state index in [2.05, 4.69) is 31.3 Å². The third-order valence-electron chi connectivity index (χ3n) is 12.1. The minimum absolute atomic E-state index is 0.0209. The van der Waals surface area contributed by atoms with Crippen molar-refractivity contribution in [3.05, 3.63) is 12.2 Å². The molecule has 0 aromatic rings. The van der Waals surface area contributed by atoms with Crippen LogP contribution in [0.2, 0.25) is 0 Å². The number of rotatable bonds is 48. The number of ether oxygens (including phenoxy) is 1. The van der Waals surface area contributed by atoms with E-state index in [0.29, 0.717) is 25.9 Å². The van der Waals surface area contributed by atoms with Crippen molar-refractivity contribution in [2.24, 2.45) is 0 Å². The average molecular weight is 820 g/mol. The van der Waals surface area contributed by atoms with Crippen molar-refractivity contribution >= 4 is 11.9 Å². The Labute approximate surface area is 361 Å². The quantitative estimate of drug-likeness (QED) is 0.0323. The summed E-state index contributed by atoms with van der Waals surface area (Å²) in [5, 5.41) is 23.2. The lowest BCUT2D eigenvalue weighted by Gasteiger charge is -2.22. The van der Waals surface area contributed by atoms with Gasteiger partial charge in [-0.15, -0.1) is 0 Å². The third-order valence-corrected chi connectivity index (χ3v) is 12.1. The van der Waals surface area contributed by atoms with Gasteiger partial charge in [0, 0.05) is 12.8 Å². The molecule has 0 radical (unpaired) electrons. The molecule has 0 fully saturated rings. The highest BCUT2D eigenvalue weighted by molar-refractivity contribution is 5.76. The largest absolute Gasteiger partial charge is 0.466 e. The molecule has 0 spiro atoms. The van der Waals surface area contributed by atoms with Gasteiger partial charge in [-0.3, -0.25) is 9.59 Å². The van der Waals surface area contributed by atoms with Gasteiger partial charge in [-0.05, 0) is 57.8 Å². The van der Waals surface area contributed by atoms with Crippen LogP contribution in [-0.4, -0.2) is 47.4 Å². The van der Waals surface area contributed by atoms with Crippen LogP contribution in [0.5, 0.6) is 0 Å². The van der Waals surface area contributed by atoms with E-state index in [1.807, 2.05) is 0 Å². The van der Waals surface area contributed by atoms with Crippen LogP contribution in [0.15, 0.2) is 12.2 Å². The Bertz CT molecular complexity index is 863. The van der Waals surface area contributed by atoms with Gasteiger partial charge in [0.05, 0.1) is 25.4 Å². The van der Waals surface area contributed by atoms with Crippen molar-refractivity contribution in [1.82, 2.24) is 5.32 Å². The number of esters is 1. The lowest BCUT2D eigenvalue weighted by atomic mass is 10.0. The van der Waals surface area contributed by atoms with Gasteiger partial charge >= 0.3 is 5.97 Å². The van der Waals surface area contributed by atoms with E-state index in [1.165, 1.54) is 173 Å². The molecule has 1 amide bonds. The summed E-state index contributed by atoms with van der Waals surface area (Å²) in [7, 11) is 0. The SMILES string of the molecule is CCCCCCCCCCCCCCCCCCC(O)C(CO)NC(=O)CCCCCCC/C=C\CCCCCOC(=O)CCCCCCCCCCCCCCC. The zero-order valence-corrected chi connectivity index (χ0v) is 39.0. The normalized spacial score (nSPS) is 12.7. The van der Waals surface area contributed by atoms with E-state index in [1.54, 1.807) is 0 Å². The van der Waals surface area contributed by atoms with E-state index in [9.17, 15) is 19.8 Å². The number of amides is 1. The predicted octanol–water partition coefficient (Wildman–Crippen LogP) is 15.3. The van der Waals surface area contributed by atoms with E-state index in [4.69, 9.17) is 4.74 Å². The standard InChI is InChI=1S/C52H101NO5/c1-3-5-7-9-11-13-15-17-18-19-21-24-28-32-36-40-44-50(55)49(48-54)53-51(56)45-41-37-33-29-25-22-23-27-31-35-39-43-47-58-52(57)46-42-38-34-30-26-20-16-14-12-10-8-6-4-2/h23,27,49-50,54-55H,3-22,24-26,28-48H2,1-2H3,(H,53,56)/b27-23-. The topological polar surface area (TPSA) is 95.9 Å². The summed E-state index contributed by atoms with van der Waals surface area (Å²) in [6, 6.07) is -0.558. The fraction of sp³-hybridized carbons (Fsp3) is 0.923. The van der Waals surface area contributed by atoms with Gasteiger partial charge < -0.3 is 20.3 Å². The zero-order chi connectivity index (χ0) is 42.3. The second-order valence-corrected chi connectivity index (χ2v) is 17.9. The molecule has 0 aliphatic heterocycles. The first kappa shape index (κ1) is 56.6. The summed E-state index contributed by atoms with van der Waals surface area (Å²) in [5.74, 6) is -0.0800. The van der Waals surface area contributed by atoms with Crippen molar-refractivity contribution in [3.8, 4) is 0 Å². The first-order valence-electron chi connectivity index (χ1n) is 25.9. The number of aliphatic hydroxyl groups excluding tert-OH is 2. The Hall–Kier alpha value is -1.40. The summed E-state index contributed by atoms with van der Waals surface area (Å²) >= 11 is 0. The van der Waals surface area contributed by atoms with Crippen molar-refractivity contribution < 1.29 is 24.5 Å². The van der Waals surface area contributed by atoms with E-state index >= 15 is 0 Å². The molecule has 0 aromatic heterocycles. The van der Waals surface area contributed by atoms with E-state index < -0.39 is 12.1 Å². The Balaban J connectivity index is 3.50. The summed E-state index contributed by atoms with van der Waals surface area (Å²) in [4.78, 5) is 24.4. The van der Waals surface area contributed by atoms with Crippen LogP contribution in [-0.2, 0) is 14.3 Å². The minimum Gasteiger partial charge on any atom is -0.466 e. The molecule has 0 bridgehead atoms. The second-order valence-electron chi connectivity index (χ2n) is 17.9. The van der Waals surface area contributed by atoms with Crippen molar-refractivity contribution in [2.75, 3.05) is 13.2 Å². The molecule has 0 heterocycles. The van der Waals surface area contributed by atoms with E-state index in [0.717, 1.165) is 77.0 Å². The molecule has 58 heavy (non-hydrogen) atoms. The van der Waals surface area contributed by atoms with Gasteiger partial charge in [0.1, 0.15) is 0 Å².